The largest absolute Gasteiger partial charge is 0.340 e. The highest BCUT2D eigenvalue weighted by Gasteiger charge is 2.15. The SMILES string of the molecule is CCc1ccc(CN(C)C(=O)[C@@H](N)CC)cc1.Cl. The van der Waals surface area contributed by atoms with Crippen LogP contribution in [0.15, 0.2) is 24.3 Å². The first-order valence-corrected chi connectivity index (χ1v) is 6.16. The Bertz CT molecular complexity index is 365. The van der Waals surface area contributed by atoms with Crippen LogP contribution in [0.1, 0.15) is 31.4 Å². The minimum atomic E-state index is -0.380. The second kappa shape index (κ2) is 8.11. The number of likely N-dealkylation sites (N-methyl/N-ethyl adjacent to an activating group) is 1. The lowest BCUT2D eigenvalue weighted by Gasteiger charge is -2.20. The first kappa shape index (κ1) is 16.9. The molecule has 0 aliphatic carbocycles. The molecule has 18 heavy (non-hydrogen) atoms. The van der Waals surface area contributed by atoms with Gasteiger partial charge in [-0.3, -0.25) is 4.79 Å². The van der Waals surface area contributed by atoms with Crippen LogP contribution in [0.4, 0.5) is 0 Å². The van der Waals surface area contributed by atoms with Gasteiger partial charge >= 0.3 is 0 Å². The number of carbonyl (C=O) groups is 1. The van der Waals surface area contributed by atoms with Crippen LogP contribution in [0, 0.1) is 0 Å². The molecule has 3 nitrogen and oxygen atoms in total. The number of amides is 1. The molecule has 1 amide bonds. The summed E-state index contributed by atoms with van der Waals surface area (Å²) in [5.41, 5.74) is 8.18. The van der Waals surface area contributed by atoms with E-state index in [1.165, 1.54) is 5.56 Å². The molecule has 1 rings (SSSR count). The number of aryl methyl sites for hydroxylation is 1. The molecular formula is C14H23ClN2O. The van der Waals surface area contributed by atoms with Gasteiger partial charge in [-0.1, -0.05) is 38.1 Å². The van der Waals surface area contributed by atoms with Gasteiger partial charge in [0, 0.05) is 13.6 Å². The maximum atomic E-state index is 11.8. The van der Waals surface area contributed by atoms with Gasteiger partial charge in [0.05, 0.1) is 6.04 Å². The number of halogens is 1. The van der Waals surface area contributed by atoms with E-state index in [0.717, 1.165) is 12.0 Å². The summed E-state index contributed by atoms with van der Waals surface area (Å²) in [6, 6.07) is 7.97. The van der Waals surface area contributed by atoms with Gasteiger partial charge in [-0.25, -0.2) is 0 Å². The van der Waals surface area contributed by atoms with E-state index in [0.29, 0.717) is 13.0 Å². The molecule has 0 spiro atoms. The molecule has 0 bridgehead atoms. The van der Waals surface area contributed by atoms with E-state index >= 15 is 0 Å². The third-order valence-corrected chi connectivity index (χ3v) is 2.98. The fourth-order valence-electron chi connectivity index (χ4n) is 1.69. The number of hydrogen-bond acceptors (Lipinski definition) is 2. The van der Waals surface area contributed by atoms with E-state index in [1.54, 1.807) is 11.9 Å². The van der Waals surface area contributed by atoms with Crippen molar-refractivity contribution in [2.45, 2.75) is 39.3 Å². The molecule has 1 aromatic rings. The molecule has 0 aliphatic rings. The van der Waals surface area contributed by atoms with E-state index < -0.39 is 0 Å². The van der Waals surface area contributed by atoms with Gasteiger partial charge in [0.25, 0.3) is 0 Å². The van der Waals surface area contributed by atoms with Gasteiger partial charge in [-0.2, -0.15) is 0 Å². The quantitative estimate of drug-likeness (QED) is 0.893. The number of carbonyl (C=O) groups excluding carboxylic acids is 1. The molecule has 0 radical (unpaired) electrons. The fourth-order valence-corrected chi connectivity index (χ4v) is 1.69. The van der Waals surface area contributed by atoms with Gasteiger partial charge in [0.1, 0.15) is 0 Å². The van der Waals surface area contributed by atoms with Crippen molar-refractivity contribution < 1.29 is 4.79 Å². The molecule has 0 aliphatic heterocycles. The summed E-state index contributed by atoms with van der Waals surface area (Å²) in [6.45, 7) is 4.67. The van der Waals surface area contributed by atoms with Crippen molar-refractivity contribution >= 4 is 18.3 Å². The minimum Gasteiger partial charge on any atom is -0.340 e. The predicted molar refractivity (Wildman–Crippen MR) is 77.8 cm³/mol. The number of rotatable bonds is 5. The summed E-state index contributed by atoms with van der Waals surface area (Å²) < 4.78 is 0. The Morgan fingerprint density at radius 1 is 1.22 bits per heavy atom. The first-order valence-electron chi connectivity index (χ1n) is 6.16. The summed E-state index contributed by atoms with van der Waals surface area (Å²) in [7, 11) is 1.80. The van der Waals surface area contributed by atoms with Gasteiger partial charge in [-0.15, -0.1) is 12.4 Å². The number of benzene rings is 1. The summed E-state index contributed by atoms with van der Waals surface area (Å²) in [5, 5.41) is 0. The lowest BCUT2D eigenvalue weighted by molar-refractivity contribution is -0.131. The van der Waals surface area contributed by atoms with E-state index in [-0.39, 0.29) is 24.4 Å². The zero-order valence-electron chi connectivity index (χ0n) is 11.3. The minimum absolute atomic E-state index is 0. The van der Waals surface area contributed by atoms with Gasteiger partial charge in [0.2, 0.25) is 5.91 Å². The van der Waals surface area contributed by atoms with Crippen molar-refractivity contribution in [2.24, 2.45) is 5.73 Å². The summed E-state index contributed by atoms with van der Waals surface area (Å²) >= 11 is 0. The normalized spacial score (nSPS) is 11.6. The molecule has 1 atom stereocenters. The topological polar surface area (TPSA) is 46.3 Å². The maximum absolute atomic E-state index is 11.8. The van der Waals surface area contributed by atoms with E-state index in [9.17, 15) is 4.79 Å². The van der Waals surface area contributed by atoms with Crippen LogP contribution in [-0.4, -0.2) is 23.9 Å². The second-order valence-electron chi connectivity index (χ2n) is 4.38. The number of hydrogen-bond donors (Lipinski definition) is 1. The predicted octanol–water partition coefficient (Wildman–Crippen LogP) is 2.37. The van der Waals surface area contributed by atoms with Gasteiger partial charge < -0.3 is 10.6 Å². The van der Waals surface area contributed by atoms with Crippen molar-refractivity contribution in [3.05, 3.63) is 35.4 Å². The summed E-state index contributed by atoms with van der Waals surface area (Å²) in [5.74, 6) is 0.00654. The Hall–Kier alpha value is -1.06. The van der Waals surface area contributed by atoms with Crippen LogP contribution in [0.5, 0.6) is 0 Å². The Balaban J connectivity index is 0.00000289. The molecule has 0 heterocycles. The Kier molecular flexibility index (Phi) is 7.64. The highest BCUT2D eigenvalue weighted by atomic mass is 35.5. The van der Waals surface area contributed by atoms with E-state index in [4.69, 9.17) is 5.73 Å². The molecule has 102 valence electrons. The van der Waals surface area contributed by atoms with Crippen molar-refractivity contribution in [3.8, 4) is 0 Å². The van der Waals surface area contributed by atoms with Crippen LogP contribution in [0.3, 0.4) is 0 Å². The van der Waals surface area contributed by atoms with Crippen LogP contribution in [-0.2, 0) is 17.8 Å². The molecular weight excluding hydrogens is 248 g/mol. The zero-order valence-corrected chi connectivity index (χ0v) is 12.2. The highest BCUT2D eigenvalue weighted by Crippen LogP contribution is 2.08. The second-order valence-corrected chi connectivity index (χ2v) is 4.38. The molecule has 0 saturated carbocycles. The molecule has 1 aromatic carbocycles. The standard InChI is InChI=1S/C14H22N2O.ClH/c1-4-11-6-8-12(9-7-11)10-16(3)14(17)13(15)5-2;/h6-9,13H,4-5,10,15H2,1-3H3;1H/t13-;/m0./s1. The fraction of sp³-hybridized carbons (Fsp3) is 0.500. The molecule has 0 unspecified atom stereocenters. The molecule has 0 saturated heterocycles. The zero-order chi connectivity index (χ0) is 12.8. The summed E-state index contributed by atoms with van der Waals surface area (Å²) in [6.07, 6.45) is 1.72. The Labute approximate surface area is 116 Å². The van der Waals surface area contributed by atoms with Crippen molar-refractivity contribution in [3.63, 3.8) is 0 Å². The summed E-state index contributed by atoms with van der Waals surface area (Å²) in [4.78, 5) is 13.5. The van der Waals surface area contributed by atoms with Crippen molar-refractivity contribution in [1.29, 1.82) is 0 Å². The monoisotopic (exact) mass is 270 g/mol. The third-order valence-electron chi connectivity index (χ3n) is 2.98. The number of nitrogens with two attached hydrogens (primary N) is 1. The molecule has 0 fully saturated rings. The van der Waals surface area contributed by atoms with Gasteiger partial charge in [0.15, 0.2) is 0 Å². The third kappa shape index (κ3) is 4.67. The Morgan fingerprint density at radius 2 is 1.72 bits per heavy atom. The van der Waals surface area contributed by atoms with E-state index in [1.807, 2.05) is 6.92 Å². The first-order chi connectivity index (χ1) is 8.08. The van der Waals surface area contributed by atoms with Gasteiger partial charge in [-0.05, 0) is 24.0 Å². The van der Waals surface area contributed by atoms with Crippen LogP contribution in [0.25, 0.3) is 0 Å². The maximum Gasteiger partial charge on any atom is 0.239 e. The number of nitrogens with zero attached hydrogens (tertiary/aromatic N) is 1. The Morgan fingerprint density at radius 3 is 2.17 bits per heavy atom. The average molecular weight is 271 g/mol. The van der Waals surface area contributed by atoms with Crippen LogP contribution >= 0.6 is 12.4 Å². The van der Waals surface area contributed by atoms with Crippen molar-refractivity contribution in [2.75, 3.05) is 7.05 Å². The molecule has 4 heteroatoms. The van der Waals surface area contributed by atoms with E-state index in [2.05, 4.69) is 31.2 Å². The van der Waals surface area contributed by atoms with Crippen LogP contribution in [0.2, 0.25) is 0 Å². The molecule has 0 aromatic heterocycles. The average Bonchev–Trinajstić information content (AvgIpc) is 2.37. The van der Waals surface area contributed by atoms with Crippen molar-refractivity contribution in [1.82, 2.24) is 4.90 Å². The van der Waals surface area contributed by atoms with Crippen LogP contribution < -0.4 is 5.73 Å². The molecule has 2 N–H and O–H groups in total. The lowest BCUT2D eigenvalue weighted by Crippen LogP contribution is -2.40. The highest BCUT2D eigenvalue weighted by molar-refractivity contribution is 5.85. The smallest absolute Gasteiger partial charge is 0.239 e. The lowest BCUT2D eigenvalue weighted by atomic mass is 10.1.